The molecule has 1 aliphatic rings. The minimum atomic E-state index is -1.05. The predicted molar refractivity (Wildman–Crippen MR) is 81.7 cm³/mol. The van der Waals surface area contributed by atoms with E-state index in [2.05, 4.69) is 19.2 Å². The highest BCUT2D eigenvalue weighted by atomic mass is 16.4. The Kier molecular flexibility index (Phi) is 4.35. The van der Waals surface area contributed by atoms with Gasteiger partial charge in [0, 0.05) is 6.04 Å². The molecule has 0 spiro atoms. The minimum absolute atomic E-state index is 0.117. The summed E-state index contributed by atoms with van der Waals surface area (Å²) in [5, 5.41) is 12.4. The molecule has 0 heterocycles. The molecule has 3 unspecified atom stereocenters. The lowest BCUT2D eigenvalue weighted by Gasteiger charge is -2.21. The lowest BCUT2D eigenvalue weighted by molar-refractivity contribution is 0.0689. The number of amides is 1. The average molecular weight is 289 g/mol. The number of aromatic carboxylic acids is 1. The van der Waals surface area contributed by atoms with Crippen molar-refractivity contribution in [1.82, 2.24) is 5.32 Å². The quantitative estimate of drug-likeness (QED) is 0.898. The summed E-state index contributed by atoms with van der Waals surface area (Å²) >= 11 is 0. The van der Waals surface area contributed by atoms with Crippen LogP contribution in [0.25, 0.3) is 0 Å². The molecule has 2 rings (SSSR count). The van der Waals surface area contributed by atoms with Crippen molar-refractivity contribution in [3.63, 3.8) is 0 Å². The standard InChI is InChI=1S/C17H23NO3/c1-9-7-8-13(12(9)4)18-16(19)14-10(2)5-6-11(3)15(14)17(20)21/h5-6,9,12-13H,7-8H2,1-4H3,(H,18,19)(H,20,21). The Morgan fingerprint density at radius 2 is 1.67 bits per heavy atom. The predicted octanol–water partition coefficient (Wildman–Crippen LogP) is 3.17. The zero-order valence-electron chi connectivity index (χ0n) is 13.1. The molecule has 1 aromatic rings. The number of aryl methyl sites for hydroxylation is 2. The number of carbonyl (C=O) groups excluding carboxylic acids is 1. The fourth-order valence-electron chi connectivity index (χ4n) is 3.19. The van der Waals surface area contributed by atoms with Crippen LogP contribution in [0, 0.1) is 25.7 Å². The van der Waals surface area contributed by atoms with Gasteiger partial charge < -0.3 is 10.4 Å². The van der Waals surface area contributed by atoms with Crippen LogP contribution in [0.4, 0.5) is 0 Å². The van der Waals surface area contributed by atoms with Crippen molar-refractivity contribution in [3.8, 4) is 0 Å². The monoisotopic (exact) mass is 289 g/mol. The summed E-state index contributed by atoms with van der Waals surface area (Å²) in [5.41, 5.74) is 1.74. The molecule has 1 saturated carbocycles. The van der Waals surface area contributed by atoms with Gasteiger partial charge in [0.25, 0.3) is 5.91 Å². The van der Waals surface area contributed by atoms with Gasteiger partial charge in [0.15, 0.2) is 0 Å². The van der Waals surface area contributed by atoms with E-state index in [1.54, 1.807) is 26.0 Å². The number of hydrogen-bond donors (Lipinski definition) is 2. The lowest BCUT2D eigenvalue weighted by Crippen LogP contribution is -2.38. The zero-order valence-corrected chi connectivity index (χ0v) is 13.1. The Morgan fingerprint density at radius 1 is 1.10 bits per heavy atom. The normalized spacial score (nSPS) is 24.9. The fraction of sp³-hybridized carbons (Fsp3) is 0.529. The van der Waals surface area contributed by atoms with Crippen molar-refractivity contribution in [2.45, 2.75) is 46.6 Å². The van der Waals surface area contributed by atoms with E-state index in [0.29, 0.717) is 28.5 Å². The molecule has 2 N–H and O–H groups in total. The van der Waals surface area contributed by atoms with Crippen LogP contribution < -0.4 is 5.32 Å². The van der Waals surface area contributed by atoms with Crippen molar-refractivity contribution in [2.75, 3.05) is 0 Å². The lowest BCUT2D eigenvalue weighted by atomic mass is 9.94. The van der Waals surface area contributed by atoms with Gasteiger partial charge in [0.05, 0.1) is 11.1 Å². The topological polar surface area (TPSA) is 66.4 Å². The van der Waals surface area contributed by atoms with E-state index in [9.17, 15) is 14.7 Å². The molecule has 1 aliphatic carbocycles. The third-order valence-electron chi connectivity index (χ3n) is 4.84. The number of hydrogen-bond acceptors (Lipinski definition) is 2. The molecule has 4 nitrogen and oxygen atoms in total. The van der Waals surface area contributed by atoms with Crippen molar-refractivity contribution >= 4 is 11.9 Å². The van der Waals surface area contributed by atoms with Crippen LogP contribution in [0.15, 0.2) is 12.1 Å². The fourth-order valence-corrected chi connectivity index (χ4v) is 3.19. The highest BCUT2D eigenvalue weighted by molar-refractivity contribution is 6.06. The number of benzene rings is 1. The summed E-state index contributed by atoms with van der Waals surface area (Å²) in [5.74, 6) is -0.297. The molecule has 0 aromatic heterocycles. The van der Waals surface area contributed by atoms with Gasteiger partial charge in [-0.1, -0.05) is 26.0 Å². The van der Waals surface area contributed by atoms with Crippen LogP contribution in [0.1, 0.15) is 58.5 Å². The van der Waals surface area contributed by atoms with Crippen LogP contribution in [0.2, 0.25) is 0 Å². The summed E-state index contributed by atoms with van der Waals surface area (Å²) in [6.07, 6.45) is 2.06. The van der Waals surface area contributed by atoms with Gasteiger partial charge in [-0.05, 0) is 49.7 Å². The first-order valence-electron chi connectivity index (χ1n) is 7.47. The van der Waals surface area contributed by atoms with Crippen molar-refractivity contribution < 1.29 is 14.7 Å². The van der Waals surface area contributed by atoms with E-state index in [1.807, 2.05) is 0 Å². The molecule has 1 fully saturated rings. The summed E-state index contributed by atoms with van der Waals surface area (Å²) in [6.45, 7) is 7.84. The molecule has 1 amide bonds. The summed E-state index contributed by atoms with van der Waals surface area (Å²) in [6, 6.07) is 3.68. The maximum Gasteiger partial charge on any atom is 0.336 e. The summed E-state index contributed by atoms with van der Waals surface area (Å²) in [4.78, 5) is 24.0. The number of carboxylic acids is 1. The van der Waals surface area contributed by atoms with Gasteiger partial charge in [0.1, 0.15) is 0 Å². The maximum absolute atomic E-state index is 12.6. The largest absolute Gasteiger partial charge is 0.478 e. The number of nitrogens with one attached hydrogen (secondary N) is 1. The highest BCUT2D eigenvalue weighted by Crippen LogP contribution is 2.31. The van der Waals surface area contributed by atoms with E-state index in [-0.39, 0.29) is 17.5 Å². The van der Waals surface area contributed by atoms with Gasteiger partial charge in [-0.3, -0.25) is 4.79 Å². The molecule has 114 valence electrons. The SMILES string of the molecule is Cc1ccc(C)c(C(=O)NC2CCC(C)C2C)c1C(=O)O. The molecular formula is C17H23NO3. The van der Waals surface area contributed by atoms with E-state index in [1.165, 1.54) is 0 Å². The first-order valence-corrected chi connectivity index (χ1v) is 7.47. The summed E-state index contributed by atoms with van der Waals surface area (Å²) < 4.78 is 0. The Hall–Kier alpha value is -1.84. The molecule has 0 aliphatic heterocycles. The third-order valence-corrected chi connectivity index (χ3v) is 4.84. The molecule has 1 aromatic carbocycles. The van der Waals surface area contributed by atoms with Gasteiger partial charge in [-0.15, -0.1) is 0 Å². The molecule has 3 atom stereocenters. The second kappa shape index (κ2) is 5.88. The molecule has 21 heavy (non-hydrogen) atoms. The molecule has 4 heteroatoms. The van der Waals surface area contributed by atoms with Crippen molar-refractivity contribution in [3.05, 3.63) is 34.4 Å². The summed E-state index contributed by atoms with van der Waals surface area (Å²) in [7, 11) is 0. The number of carboxylic acid groups (broad SMARTS) is 1. The van der Waals surface area contributed by atoms with Crippen LogP contribution in [0.3, 0.4) is 0 Å². The second-order valence-electron chi connectivity index (χ2n) is 6.25. The van der Waals surface area contributed by atoms with E-state index < -0.39 is 5.97 Å². The molecular weight excluding hydrogens is 266 g/mol. The van der Waals surface area contributed by atoms with Crippen LogP contribution in [-0.2, 0) is 0 Å². The van der Waals surface area contributed by atoms with Gasteiger partial charge in [-0.2, -0.15) is 0 Å². The van der Waals surface area contributed by atoms with Gasteiger partial charge in [-0.25, -0.2) is 4.79 Å². The minimum Gasteiger partial charge on any atom is -0.478 e. The first-order chi connectivity index (χ1) is 9.82. The van der Waals surface area contributed by atoms with Crippen molar-refractivity contribution in [1.29, 1.82) is 0 Å². The van der Waals surface area contributed by atoms with E-state index in [0.717, 1.165) is 12.8 Å². The Labute approximate surface area is 125 Å². The second-order valence-corrected chi connectivity index (χ2v) is 6.25. The average Bonchev–Trinajstić information content (AvgIpc) is 2.72. The van der Waals surface area contributed by atoms with Gasteiger partial charge in [0.2, 0.25) is 0 Å². The van der Waals surface area contributed by atoms with E-state index in [4.69, 9.17) is 0 Å². The van der Waals surface area contributed by atoms with Gasteiger partial charge >= 0.3 is 5.97 Å². The number of carbonyl (C=O) groups is 2. The first kappa shape index (κ1) is 15.5. The molecule has 0 saturated heterocycles. The Balaban J connectivity index is 2.31. The zero-order chi connectivity index (χ0) is 15.7. The maximum atomic E-state index is 12.6. The molecule has 0 radical (unpaired) electrons. The van der Waals surface area contributed by atoms with Crippen LogP contribution in [0.5, 0.6) is 0 Å². The number of rotatable bonds is 3. The highest BCUT2D eigenvalue weighted by Gasteiger charge is 2.32. The third kappa shape index (κ3) is 2.94. The Morgan fingerprint density at radius 3 is 2.14 bits per heavy atom. The Bertz CT molecular complexity index is 580. The van der Waals surface area contributed by atoms with Crippen molar-refractivity contribution in [2.24, 2.45) is 11.8 Å². The smallest absolute Gasteiger partial charge is 0.336 e. The van der Waals surface area contributed by atoms with E-state index >= 15 is 0 Å². The van der Waals surface area contributed by atoms with Crippen LogP contribution >= 0.6 is 0 Å². The van der Waals surface area contributed by atoms with Crippen LogP contribution in [-0.4, -0.2) is 23.0 Å². The molecule has 0 bridgehead atoms.